The fourth-order valence-corrected chi connectivity index (χ4v) is 3.83. The van der Waals surface area contributed by atoms with E-state index in [0.717, 1.165) is 17.8 Å². The van der Waals surface area contributed by atoms with Gasteiger partial charge < -0.3 is 4.90 Å². The lowest BCUT2D eigenvalue weighted by Gasteiger charge is -2.22. The molecule has 0 fully saturated rings. The third-order valence-electron chi connectivity index (χ3n) is 4.64. The number of para-hydroxylation sites is 2. The van der Waals surface area contributed by atoms with Crippen LogP contribution in [0.3, 0.4) is 0 Å². The van der Waals surface area contributed by atoms with Crippen LogP contribution in [0.15, 0.2) is 54.6 Å². The van der Waals surface area contributed by atoms with Crippen molar-refractivity contribution in [3.05, 3.63) is 76.6 Å². The van der Waals surface area contributed by atoms with Crippen LogP contribution in [0, 0.1) is 6.92 Å². The average Bonchev–Trinajstić information content (AvgIpc) is 3.10. The highest BCUT2D eigenvalue weighted by atomic mass is 35.5. The molecule has 1 atom stereocenters. The fourth-order valence-electron chi connectivity index (χ4n) is 3.48. The summed E-state index contributed by atoms with van der Waals surface area (Å²) in [6, 6.07) is 17.7. The highest BCUT2D eigenvalue weighted by Crippen LogP contribution is 2.35. The Bertz CT molecular complexity index is 949. The summed E-state index contributed by atoms with van der Waals surface area (Å²) in [4.78, 5) is 15.1. The van der Waals surface area contributed by atoms with E-state index in [2.05, 4.69) is 18.1 Å². The van der Waals surface area contributed by atoms with E-state index in [1.165, 1.54) is 5.56 Å². The second-order valence-electron chi connectivity index (χ2n) is 6.36. The number of halogens is 1. The summed E-state index contributed by atoms with van der Waals surface area (Å²) in [6.07, 6.45) is 0.853. The minimum atomic E-state index is -0.0952. The number of hydrogen-bond acceptors (Lipinski definition) is 2. The van der Waals surface area contributed by atoms with Crippen molar-refractivity contribution < 1.29 is 4.79 Å². The van der Waals surface area contributed by atoms with Crippen LogP contribution in [0.1, 0.15) is 28.5 Å². The topological polar surface area (TPSA) is 38.1 Å². The zero-order chi connectivity index (χ0) is 17.6. The summed E-state index contributed by atoms with van der Waals surface area (Å²) in [7, 11) is 0. The van der Waals surface area contributed by atoms with E-state index in [4.69, 9.17) is 11.6 Å². The van der Waals surface area contributed by atoms with Gasteiger partial charge in [0.25, 0.3) is 5.91 Å². The number of benzene rings is 2. The molecule has 4 rings (SSSR count). The van der Waals surface area contributed by atoms with Gasteiger partial charge in [-0.25, -0.2) is 4.68 Å². The highest BCUT2D eigenvalue weighted by molar-refractivity contribution is 6.34. The lowest BCUT2D eigenvalue weighted by Crippen LogP contribution is -2.36. The van der Waals surface area contributed by atoms with Gasteiger partial charge in [0.05, 0.1) is 11.4 Å². The molecule has 1 aromatic heterocycles. The Morgan fingerprint density at radius 3 is 2.56 bits per heavy atom. The summed E-state index contributed by atoms with van der Waals surface area (Å²) in [5, 5.41) is 4.84. The Labute approximate surface area is 151 Å². The average molecular weight is 352 g/mol. The van der Waals surface area contributed by atoms with Gasteiger partial charge in [-0.15, -0.1) is 0 Å². The summed E-state index contributed by atoms with van der Waals surface area (Å²) >= 11 is 6.57. The summed E-state index contributed by atoms with van der Waals surface area (Å²) in [5.74, 6) is -0.0952. The van der Waals surface area contributed by atoms with E-state index in [0.29, 0.717) is 16.4 Å². The molecule has 0 aliphatic carbocycles. The minimum absolute atomic E-state index is 0.0952. The predicted molar refractivity (Wildman–Crippen MR) is 99.7 cm³/mol. The Balaban J connectivity index is 1.78. The number of aryl methyl sites for hydroxylation is 1. The van der Waals surface area contributed by atoms with E-state index >= 15 is 0 Å². The van der Waals surface area contributed by atoms with Gasteiger partial charge in [0, 0.05) is 11.7 Å². The molecule has 0 saturated carbocycles. The maximum atomic E-state index is 13.3. The molecule has 0 radical (unpaired) electrons. The first-order valence-electron chi connectivity index (χ1n) is 8.30. The number of aromatic nitrogens is 2. The van der Waals surface area contributed by atoms with Gasteiger partial charge in [0.2, 0.25) is 0 Å². The molecule has 4 nitrogen and oxygen atoms in total. The van der Waals surface area contributed by atoms with Crippen LogP contribution in [0.5, 0.6) is 0 Å². The first-order chi connectivity index (χ1) is 12.1. The Morgan fingerprint density at radius 2 is 1.80 bits per heavy atom. The van der Waals surface area contributed by atoms with Crippen LogP contribution in [0.2, 0.25) is 5.15 Å². The van der Waals surface area contributed by atoms with Crippen LogP contribution in [0.25, 0.3) is 5.69 Å². The molecule has 0 N–H and O–H groups in total. The number of fused-ring (bicyclic) bond motifs is 1. The second kappa shape index (κ2) is 6.05. The molecular formula is C20H18ClN3O. The SMILES string of the molecule is Cc1nn(-c2ccccc2)c(Cl)c1C(=O)N1c2ccccc2C[C@@H]1C. The van der Waals surface area contributed by atoms with Crippen molar-refractivity contribution >= 4 is 23.2 Å². The second-order valence-corrected chi connectivity index (χ2v) is 6.71. The Kier molecular flexibility index (Phi) is 3.85. The van der Waals surface area contributed by atoms with Crippen molar-refractivity contribution in [2.45, 2.75) is 26.3 Å². The first-order valence-corrected chi connectivity index (χ1v) is 8.67. The molecule has 1 amide bonds. The van der Waals surface area contributed by atoms with Crippen LogP contribution in [-0.2, 0) is 6.42 Å². The summed E-state index contributed by atoms with van der Waals surface area (Å²) in [6.45, 7) is 3.88. The van der Waals surface area contributed by atoms with Gasteiger partial charge in [-0.05, 0) is 44.0 Å². The van der Waals surface area contributed by atoms with Crippen molar-refractivity contribution in [1.82, 2.24) is 9.78 Å². The smallest absolute Gasteiger partial charge is 0.263 e. The predicted octanol–water partition coefficient (Wildman–Crippen LogP) is 4.43. The van der Waals surface area contributed by atoms with Crippen LogP contribution < -0.4 is 4.90 Å². The maximum absolute atomic E-state index is 13.3. The van der Waals surface area contributed by atoms with Gasteiger partial charge in [-0.2, -0.15) is 5.10 Å². The van der Waals surface area contributed by atoms with Crippen LogP contribution in [-0.4, -0.2) is 21.7 Å². The van der Waals surface area contributed by atoms with Gasteiger partial charge in [0.1, 0.15) is 10.7 Å². The van der Waals surface area contributed by atoms with E-state index < -0.39 is 0 Å². The number of amides is 1. The monoisotopic (exact) mass is 351 g/mol. The van der Waals surface area contributed by atoms with Crippen molar-refractivity contribution in [3.63, 3.8) is 0 Å². The first kappa shape index (κ1) is 15.9. The lowest BCUT2D eigenvalue weighted by molar-refractivity contribution is 0.0981. The number of carbonyl (C=O) groups is 1. The summed E-state index contributed by atoms with van der Waals surface area (Å²) in [5.41, 5.74) is 4.09. The number of nitrogens with zero attached hydrogens (tertiary/aromatic N) is 3. The van der Waals surface area contributed by atoms with E-state index in [1.54, 1.807) is 4.68 Å². The number of anilines is 1. The fraction of sp³-hybridized carbons (Fsp3) is 0.200. The largest absolute Gasteiger partial charge is 0.305 e. The molecule has 1 aliphatic rings. The molecule has 0 unspecified atom stereocenters. The highest BCUT2D eigenvalue weighted by Gasteiger charge is 2.34. The number of rotatable bonds is 2. The van der Waals surface area contributed by atoms with E-state index in [-0.39, 0.29) is 11.9 Å². The zero-order valence-electron chi connectivity index (χ0n) is 14.1. The quantitative estimate of drug-likeness (QED) is 0.685. The van der Waals surface area contributed by atoms with Crippen molar-refractivity contribution in [2.75, 3.05) is 4.90 Å². The molecule has 2 aromatic carbocycles. The Hall–Kier alpha value is -2.59. The third kappa shape index (κ3) is 2.53. The summed E-state index contributed by atoms with van der Waals surface area (Å²) < 4.78 is 1.62. The zero-order valence-corrected chi connectivity index (χ0v) is 14.9. The lowest BCUT2D eigenvalue weighted by atomic mass is 10.1. The molecule has 3 aromatic rings. The van der Waals surface area contributed by atoms with Gasteiger partial charge in [-0.1, -0.05) is 48.0 Å². The van der Waals surface area contributed by atoms with Crippen molar-refractivity contribution in [1.29, 1.82) is 0 Å². The maximum Gasteiger partial charge on any atom is 0.263 e. The van der Waals surface area contributed by atoms with Gasteiger partial charge in [-0.3, -0.25) is 4.79 Å². The molecule has 126 valence electrons. The number of carbonyl (C=O) groups excluding carboxylic acids is 1. The molecule has 2 heterocycles. The van der Waals surface area contributed by atoms with Crippen LogP contribution in [0.4, 0.5) is 5.69 Å². The van der Waals surface area contributed by atoms with Crippen molar-refractivity contribution in [2.24, 2.45) is 0 Å². The Morgan fingerprint density at radius 1 is 1.12 bits per heavy atom. The van der Waals surface area contributed by atoms with Crippen LogP contribution >= 0.6 is 11.6 Å². The number of hydrogen-bond donors (Lipinski definition) is 0. The molecular weight excluding hydrogens is 334 g/mol. The standard InChI is InChI=1S/C20H18ClN3O/c1-13-12-15-8-6-7-11-17(15)23(13)20(25)18-14(2)22-24(19(18)21)16-9-4-3-5-10-16/h3-11,13H,12H2,1-2H3/t13-/m0/s1. The normalized spacial score (nSPS) is 16.1. The molecule has 0 saturated heterocycles. The van der Waals surface area contributed by atoms with E-state index in [9.17, 15) is 4.79 Å². The molecule has 25 heavy (non-hydrogen) atoms. The van der Waals surface area contributed by atoms with Gasteiger partial charge in [0.15, 0.2) is 0 Å². The minimum Gasteiger partial charge on any atom is -0.305 e. The molecule has 5 heteroatoms. The van der Waals surface area contributed by atoms with Gasteiger partial charge >= 0.3 is 0 Å². The molecule has 1 aliphatic heterocycles. The molecule has 0 spiro atoms. The molecule has 0 bridgehead atoms. The third-order valence-corrected chi connectivity index (χ3v) is 4.99. The van der Waals surface area contributed by atoms with Crippen molar-refractivity contribution in [3.8, 4) is 5.69 Å². The van der Waals surface area contributed by atoms with E-state index in [1.807, 2.05) is 60.4 Å².